The molecule has 0 saturated carbocycles. The van der Waals surface area contributed by atoms with Crippen molar-refractivity contribution in [3.8, 4) is 0 Å². The third-order valence-corrected chi connectivity index (χ3v) is 3.26. The van der Waals surface area contributed by atoms with E-state index in [4.69, 9.17) is 4.74 Å². The summed E-state index contributed by atoms with van der Waals surface area (Å²) in [5, 5.41) is 0. The molecule has 0 fully saturated rings. The number of allylic oxidation sites excluding steroid dienone is 1. The van der Waals surface area contributed by atoms with Gasteiger partial charge in [0.1, 0.15) is 6.29 Å². The Hall–Kier alpha value is -0.720. The SMILES string of the molecule is CCOC(=O)C1(I)CN=CC=C1C=O. The number of dihydropyridines is 1. The van der Waals surface area contributed by atoms with Crippen molar-refractivity contribution in [3.63, 3.8) is 0 Å². The average molecular weight is 307 g/mol. The van der Waals surface area contributed by atoms with E-state index in [2.05, 4.69) is 4.99 Å². The molecule has 1 aliphatic rings. The molecule has 4 nitrogen and oxygen atoms in total. The van der Waals surface area contributed by atoms with Crippen LogP contribution in [-0.2, 0) is 14.3 Å². The molecule has 0 amide bonds. The van der Waals surface area contributed by atoms with E-state index >= 15 is 0 Å². The summed E-state index contributed by atoms with van der Waals surface area (Å²) in [6, 6.07) is 0. The van der Waals surface area contributed by atoms with Gasteiger partial charge in [-0.2, -0.15) is 0 Å². The Morgan fingerprint density at radius 2 is 2.57 bits per heavy atom. The number of aldehydes is 1. The molecule has 1 atom stereocenters. The highest BCUT2D eigenvalue weighted by Gasteiger charge is 2.41. The van der Waals surface area contributed by atoms with E-state index in [0.29, 0.717) is 18.5 Å². The van der Waals surface area contributed by atoms with Crippen LogP contribution in [0.3, 0.4) is 0 Å². The molecule has 1 unspecified atom stereocenters. The molecule has 0 N–H and O–H groups in total. The summed E-state index contributed by atoms with van der Waals surface area (Å²) in [4.78, 5) is 26.3. The van der Waals surface area contributed by atoms with Gasteiger partial charge >= 0.3 is 5.97 Å². The molecule has 0 radical (unpaired) electrons. The van der Waals surface area contributed by atoms with Gasteiger partial charge in [0.2, 0.25) is 0 Å². The maximum Gasteiger partial charge on any atom is 0.328 e. The quantitative estimate of drug-likeness (QED) is 0.337. The Morgan fingerprint density at radius 3 is 3.14 bits per heavy atom. The second kappa shape index (κ2) is 4.68. The lowest BCUT2D eigenvalue weighted by atomic mass is 9.98. The van der Waals surface area contributed by atoms with Crippen molar-refractivity contribution in [1.82, 2.24) is 0 Å². The molecule has 5 heteroatoms. The first kappa shape index (κ1) is 11.4. The highest BCUT2D eigenvalue weighted by atomic mass is 127. The van der Waals surface area contributed by atoms with Gasteiger partial charge in [0.05, 0.1) is 13.2 Å². The number of hydrogen-bond donors (Lipinski definition) is 0. The summed E-state index contributed by atoms with van der Waals surface area (Å²) in [5.74, 6) is -0.407. The minimum absolute atomic E-state index is 0.261. The van der Waals surface area contributed by atoms with Crippen LogP contribution in [0, 0.1) is 0 Å². The maximum absolute atomic E-state index is 11.6. The number of rotatable bonds is 3. The van der Waals surface area contributed by atoms with E-state index in [9.17, 15) is 9.59 Å². The lowest BCUT2D eigenvalue weighted by Crippen LogP contribution is -2.41. The molecule has 0 aromatic rings. The molecule has 0 bridgehead atoms. The molecule has 0 spiro atoms. The van der Waals surface area contributed by atoms with Crippen LogP contribution in [0.25, 0.3) is 0 Å². The summed E-state index contributed by atoms with van der Waals surface area (Å²) in [6.07, 6.45) is 3.74. The highest BCUT2D eigenvalue weighted by Crippen LogP contribution is 2.30. The lowest BCUT2D eigenvalue weighted by Gasteiger charge is -2.25. The Morgan fingerprint density at radius 1 is 1.86 bits per heavy atom. The minimum atomic E-state index is -0.940. The van der Waals surface area contributed by atoms with Crippen molar-refractivity contribution in [2.75, 3.05) is 13.2 Å². The Balaban J connectivity index is 2.93. The van der Waals surface area contributed by atoms with E-state index < -0.39 is 9.39 Å². The average Bonchev–Trinajstić information content (AvgIpc) is 2.19. The molecule has 14 heavy (non-hydrogen) atoms. The van der Waals surface area contributed by atoms with Crippen LogP contribution in [-0.4, -0.2) is 35.0 Å². The number of hydrogen-bond acceptors (Lipinski definition) is 4. The predicted molar refractivity (Wildman–Crippen MR) is 60.9 cm³/mol. The monoisotopic (exact) mass is 307 g/mol. The van der Waals surface area contributed by atoms with Crippen LogP contribution in [0.5, 0.6) is 0 Å². The number of halogens is 1. The van der Waals surface area contributed by atoms with Crippen molar-refractivity contribution >= 4 is 41.1 Å². The fraction of sp³-hybridized carbons (Fsp3) is 0.444. The van der Waals surface area contributed by atoms with Gasteiger partial charge in [-0.1, -0.05) is 22.6 Å². The van der Waals surface area contributed by atoms with Crippen molar-refractivity contribution in [1.29, 1.82) is 0 Å². The molecule has 1 rings (SSSR count). The first-order chi connectivity index (χ1) is 6.65. The third-order valence-electron chi connectivity index (χ3n) is 1.85. The number of alkyl halides is 1. The zero-order chi connectivity index (χ0) is 10.6. The number of carbonyl (C=O) groups is 2. The van der Waals surface area contributed by atoms with E-state index in [1.807, 2.05) is 22.6 Å². The molecule has 1 heterocycles. The van der Waals surface area contributed by atoms with Gasteiger partial charge in [0.15, 0.2) is 3.42 Å². The lowest BCUT2D eigenvalue weighted by molar-refractivity contribution is -0.144. The van der Waals surface area contributed by atoms with Gasteiger partial charge in [-0.05, 0) is 13.0 Å². The van der Waals surface area contributed by atoms with Crippen LogP contribution in [0.15, 0.2) is 16.6 Å². The summed E-state index contributed by atoms with van der Waals surface area (Å²) >= 11 is 1.91. The maximum atomic E-state index is 11.6. The van der Waals surface area contributed by atoms with Gasteiger partial charge in [-0.3, -0.25) is 14.6 Å². The van der Waals surface area contributed by atoms with Crippen molar-refractivity contribution in [2.24, 2.45) is 4.99 Å². The van der Waals surface area contributed by atoms with Crippen LogP contribution in [0.1, 0.15) is 6.92 Å². The summed E-state index contributed by atoms with van der Waals surface area (Å²) in [7, 11) is 0. The zero-order valence-electron chi connectivity index (χ0n) is 7.70. The summed E-state index contributed by atoms with van der Waals surface area (Å²) in [6.45, 7) is 2.30. The van der Waals surface area contributed by atoms with E-state index in [0.717, 1.165) is 0 Å². The molecule has 76 valence electrons. The smallest absolute Gasteiger partial charge is 0.328 e. The number of aliphatic imine (C=N–C) groups is 1. The van der Waals surface area contributed by atoms with E-state index in [1.54, 1.807) is 13.0 Å². The second-order valence-corrected chi connectivity index (χ2v) is 4.59. The molecule has 0 aliphatic carbocycles. The van der Waals surface area contributed by atoms with Gasteiger partial charge in [0, 0.05) is 11.8 Å². The number of esters is 1. The molecular weight excluding hydrogens is 297 g/mol. The fourth-order valence-electron chi connectivity index (χ4n) is 1.10. The topological polar surface area (TPSA) is 55.7 Å². The van der Waals surface area contributed by atoms with Crippen LogP contribution in [0.4, 0.5) is 0 Å². The number of ether oxygens (including phenoxy) is 1. The van der Waals surface area contributed by atoms with Gasteiger partial charge < -0.3 is 4.74 Å². The van der Waals surface area contributed by atoms with Crippen LogP contribution < -0.4 is 0 Å². The Labute approximate surface area is 95.6 Å². The standard InChI is InChI=1S/C9H10INO3/c1-2-14-8(13)9(10)6-11-4-3-7(9)5-12/h3-5H,2,6H2,1H3. The first-order valence-electron chi connectivity index (χ1n) is 4.17. The molecule has 0 saturated heterocycles. The molecule has 0 aromatic heterocycles. The van der Waals surface area contributed by atoms with Crippen molar-refractivity contribution < 1.29 is 14.3 Å². The van der Waals surface area contributed by atoms with E-state index in [-0.39, 0.29) is 6.54 Å². The number of carbonyl (C=O) groups excluding carboxylic acids is 2. The van der Waals surface area contributed by atoms with Crippen LogP contribution in [0.2, 0.25) is 0 Å². The minimum Gasteiger partial charge on any atom is -0.465 e. The molecule has 0 aromatic carbocycles. The second-order valence-electron chi connectivity index (χ2n) is 2.75. The molecular formula is C9H10INO3. The Bertz CT molecular complexity index is 311. The third kappa shape index (κ3) is 2.02. The van der Waals surface area contributed by atoms with Crippen molar-refractivity contribution in [2.45, 2.75) is 10.3 Å². The van der Waals surface area contributed by atoms with Gasteiger partial charge in [-0.15, -0.1) is 0 Å². The van der Waals surface area contributed by atoms with Gasteiger partial charge in [-0.25, -0.2) is 0 Å². The van der Waals surface area contributed by atoms with Crippen LogP contribution >= 0.6 is 22.6 Å². The normalized spacial score (nSPS) is 25.4. The molecule has 1 aliphatic heterocycles. The largest absolute Gasteiger partial charge is 0.465 e. The highest BCUT2D eigenvalue weighted by molar-refractivity contribution is 14.1. The summed E-state index contributed by atoms with van der Waals surface area (Å²) in [5.41, 5.74) is 0.409. The first-order valence-corrected chi connectivity index (χ1v) is 5.25. The van der Waals surface area contributed by atoms with Crippen molar-refractivity contribution in [3.05, 3.63) is 11.6 Å². The predicted octanol–water partition coefficient (Wildman–Crippen LogP) is 0.933. The number of nitrogens with zero attached hydrogens (tertiary/aromatic N) is 1. The van der Waals surface area contributed by atoms with E-state index in [1.165, 1.54) is 6.21 Å². The fourth-order valence-corrected chi connectivity index (χ4v) is 1.76. The summed E-state index contributed by atoms with van der Waals surface area (Å²) < 4.78 is 3.96. The van der Waals surface area contributed by atoms with Gasteiger partial charge in [0.25, 0.3) is 0 Å². The zero-order valence-corrected chi connectivity index (χ0v) is 9.85. The Kier molecular flexibility index (Phi) is 3.79.